The van der Waals surface area contributed by atoms with E-state index in [0.29, 0.717) is 6.04 Å². The first kappa shape index (κ1) is 16.2. The molecular formula is C17H23N7O. The van der Waals surface area contributed by atoms with Gasteiger partial charge in [-0.3, -0.25) is 9.80 Å². The number of hydrogen-bond donors (Lipinski definition) is 0. The van der Waals surface area contributed by atoms with Crippen LogP contribution in [0.5, 0.6) is 0 Å². The fourth-order valence-corrected chi connectivity index (χ4v) is 3.46. The highest BCUT2D eigenvalue weighted by Crippen LogP contribution is 2.19. The number of anilines is 1. The third kappa shape index (κ3) is 3.54. The number of nitrogens with zero attached hydrogens (tertiary/aromatic N) is 7. The first-order valence-electron chi connectivity index (χ1n) is 8.70. The molecule has 2 fully saturated rings. The minimum absolute atomic E-state index is 0.186. The quantitative estimate of drug-likeness (QED) is 0.748. The molecule has 8 heteroatoms. The monoisotopic (exact) mass is 341 g/mol. The van der Waals surface area contributed by atoms with Crippen molar-refractivity contribution in [1.29, 1.82) is 0 Å². The largest absolute Gasteiger partial charge is 0.347 e. The van der Waals surface area contributed by atoms with E-state index in [-0.39, 0.29) is 5.69 Å². The van der Waals surface area contributed by atoms with E-state index in [9.17, 15) is 4.79 Å². The molecule has 4 heterocycles. The Morgan fingerprint density at radius 2 is 1.84 bits per heavy atom. The van der Waals surface area contributed by atoms with Gasteiger partial charge in [-0.05, 0) is 12.1 Å². The van der Waals surface area contributed by atoms with Gasteiger partial charge in [0.25, 0.3) is 0 Å². The van der Waals surface area contributed by atoms with Gasteiger partial charge >= 0.3 is 5.69 Å². The van der Waals surface area contributed by atoms with Gasteiger partial charge in [-0.25, -0.2) is 14.8 Å². The summed E-state index contributed by atoms with van der Waals surface area (Å²) in [6.45, 7) is 6.86. The van der Waals surface area contributed by atoms with Crippen molar-refractivity contribution in [1.82, 2.24) is 29.3 Å². The molecule has 0 atom stereocenters. The van der Waals surface area contributed by atoms with Crippen LogP contribution < -0.4 is 10.6 Å². The zero-order chi connectivity index (χ0) is 17.2. The highest BCUT2D eigenvalue weighted by Gasteiger charge is 2.33. The normalized spacial score (nSPS) is 19.8. The molecule has 0 saturated carbocycles. The number of aromatic nitrogens is 4. The fraction of sp³-hybridized carbons (Fsp3) is 0.529. The Labute approximate surface area is 146 Å². The molecule has 25 heavy (non-hydrogen) atoms. The average Bonchev–Trinajstić information content (AvgIpc) is 2.62. The smallest absolute Gasteiger partial charge is 0.338 e. The van der Waals surface area contributed by atoms with Gasteiger partial charge in [0.15, 0.2) is 0 Å². The summed E-state index contributed by atoms with van der Waals surface area (Å²) in [5.41, 5.74) is 0.668. The summed E-state index contributed by atoms with van der Waals surface area (Å²) in [6.07, 6.45) is 5.37. The summed E-state index contributed by atoms with van der Waals surface area (Å²) < 4.78 is 1.50. The fourth-order valence-electron chi connectivity index (χ4n) is 3.46. The van der Waals surface area contributed by atoms with Crippen molar-refractivity contribution in [2.24, 2.45) is 7.05 Å². The lowest BCUT2D eigenvalue weighted by Gasteiger charge is -2.48. The summed E-state index contributed by atoms with van der Waals surface area (Å²) in [5, 5.41) is 0. The van der Waals surface area contributed by atoms with E-state index in [1.54, 1.807) is 25.6 Å². The minimum atomic E-state index is -0.186. The Balaban J connectivity index is 1.25. The van der Waals surface area contributed by atoms with E-state index >= 15 is 0 Å². The van der Waals surface area contributed by atoms with Crippen molar-refractivity contribution >= 4 is 5.95 Å². The lowest BCUT2D eigenvalue weighted by atomic mass is 10.1. The van der Waals surface area contributed by atoms with Crippen molar-refractivity contribution in [2.75, 3.05) is 44.2 Å². The van der Waals surface area contributed by atoms with Crippen LogP contribution in [0.1, 0.15) is 5.69 Å². The molecule has 0 radical (unpaired) electrons. The molecule has 0 amide bonds. The van der Waals surface area contributed by atoms with Crippen molar-refractivity contribution in [3.8, 4) is 0 Å². The van der Waals surface area contributed by atoms with Gasteiger partial charge in [-0.2, -0.15) is 4.98 Å². The maximum atomic E-state index is 11.6. The van der Waals surface area contributed by atoms with Crippen molar-refractivity contribution in [2.45, 2.75) is 12.6 Å². The lowest BCUT2D eigenvalue weighted by molar-refractivity contribution is 0.0246. The van der Waals surface area contributed by atoms with E-state index in [1.165, 1.54) is 4.57 Å². The van der Waals surface area contributed by atoms with E-state index < -0.39 is 0 Å². The minimum Gasteiger partial charge on any atom is -0.338 e. The van der Waals surface area contributed by atoms with Gasteiger partial charge in [0, 0.05) is 77.5 Å². The Bertz CT molecular complexity index is 764. The van der Waals surface area contributed by atoms with Gasteiger partial charge in [0.1, 0.15) is 0 Å². The Morgan fingerprint density at radius 1 is 1.12 bits per heavy atom. The second-order valence-electron chi connectivity index (χ2n) is 6.73. The van der Waals surface area contributed by atoms with Gasteiger partial charge in [0.2, 0.25) is 5.95 Å². The maximum Gasteiger partial charge on any atom is 0.347 e. The number of hydrogen-bond acceptors (Lipinski definition) is 7. The molecule has 2 saturated heterocycles. The molecule has 0 aliphatic carbocycles. The number of piperazine rings is 1. The molecule has 0 spiro atoms. The molecule has 2 aliphatic rings. The van der Waals surface area contributed by atoms with Crippen LogP contribution in [0.4, 0.5) is 5.95 Å². The number of aryl methyl sites for hydroxylation is 1. The van der Waals surface area contributed by atoms with Gasteiger partial charge in [-0.15, -0.1) is 0 Å². The maximum absolute atomic E-state index is 11.6. The molecule has 132 valence electrons. The van der Waals surface area contributed by atoms with E-state index in [1.807, 2.05) is 12.1 Å². The Morgan fingerprint density at radius 3 is 2.52 bits per heavy atom. The standard InChI is InChI=1S/C17H23N7O/c1-21-6-3-14(20-17(21)25)11-22-12-15(13-22)23-7-9-24(10-8-23)16-18-4-2-5-19-16/h2-6,15H,7-13H2,1H3. The van der Waals surface area contributed by atoms with Crippen molar-refractivity contribution in [3.05, 3.63) is 46.9 Å². The summed E-state index contributed by atoms with van der Waals surface area (Å²) in [5.74, 6) is 0.828. The average molecular weight is 341 g/mol. The van der Waals surface area contributed by atoms with Crippen LogP contribution in [-0.4, -0.2) is 74.6 Å². The van der Waals surface area contributed by atoms with Crippen molar-refractivity contribution in [3.63, 3.8) is 0 Å². The van der Waals surface area contributed by atoms with E-state index in [4.69, 9.17) is 0 Å². The second kappa shape index (κ2) is 6.89. The zero-order valence-corrected chi connectivity index (χ0v) is 14.5. The van der Waals surface area contributed by atoms with Gasteiger partial charge in [-0.1, -0.05) is 0 Å². The number of rotatable bonds is 4. The molecule has 2 aromatic rings. The van der Waals surface area contributed by atoms with Crippen LogP contribution in [0.25, 0.3) is 0 Å². The summed E-state index contributed by atoms with van der Waals surface area (Å²) in [4.78, 5) is 31.5. The van der Waals surface area contributed by atoms with Crippen LogP contribution in [0.3, 0.4) is 0 Å². The molecule has 4 rings (SSSR count). The molecule has 8 nitrogen and oxygen atoms in total. The SMILES string of the molecule is Cn1ccc(CN2CC(N3CCN(c4ncccn4)CC3)C2)nc1=O. The molecule has 0 bridgehead atoms. The summed E-state index contributed by atoms with van der Waals surface area (Å²) in [6, 6.07) is 4.37. The van der Waals surface area contributed by atoms with Crippen LogP contribution in [0, 0.1) is 0 Å². The summed E-state index contributed by atoms with van der Waals surface area (Å²) in [7, 11) is 1.72. The first-order valence-corrected chi connectivity index (χ1v) is 8.70. The van der Waals surface area contributed by atoms with Crippen LogP contribution in [0.2, 0.25) is 0 Å². The van der Waals surface area contributed by atoms with Gasteiger partial charge in [0.05, 0.1) is 5.69 Å². The Kier molecular flexibility index (Phi) is 4.46. The highest BCUT2D eigenvalue weighted by molar-refractivity contribution is 5.29. The molecule has 0 aromatic carbocycles. The molecular weight excluding hydrogens is 318 g/mol. The molecule has 2 aliphatic heterocycles. The van der Waals surface area contributed by atoms with Crippen LogP contribution in [0.15, 0.2) is 35.5 Å². The Hall–Kier alpha value is -2.32. The van der Waals surface area contributed by atoms with Crippen LogP contribution >= 0.6 is 0 Å². The predicted octanol–water partition coefficient (Wildman–Crippen LogP) is -0.423. The molecule has 0 N–H and O–H groups in total. The molecule has 0 unspecified atom stereocenters. The van der Waals surface area contributed by atoms with Crippen molar-refractivity contribution < 1.29 is 0 Å². The number of likely N-dealkylation sites (tertiary alicyclic amines) is 1. The second-order valence-corrected chi connectivity index (χ2v) is 6.73. The third-order valence-electron chi connectivity index (χ3n) is 5.02. The van der Waals surface area contributed by atoms with E-state index in [0.717, 1.165) is 57.5 Å². The first-order chi connectivity index (χ1) is 12.2. The van der Waals surface area contributed by atoms with Crippen LogP contribution in [-0.2, 0) is 13.6 Å². The van der Waals surface area contributed by atoms with E-state index in [2.05, 4.69) is 29.7 Å². The zero-order valence-electron chi connectivity index (χ0n) is 14.5. The topological polar surface area (TPSA) is 70.4 Å². The third-order valence-corrected chi connectivity index (χ3v) is 5.02. The predicted molar refractivity (Wildman–Crippen MR) is 94.4 cm³/mol. The molecule has 2 aromatic heterocycles. The summed E-state index contributed by atoms with van der Waals surface area (Å²) >= 11 is 0. The van der Waals surface area contributed by atoms with Gasteiger partial charge < -0.3 is 9.47 Å². The lowest BCUT2D eigenvalue weighted by Crippen LogP contribution is -2.62. The highest BCUT2D eigenvalue weighted by atomic mass is 16.1.